The minimum absolute atomic E-state index is 0.102. The molecule has 1 amide bonds. The number of methoxy groups -OCH3 is 1. The van der Waals surface area contributed by atoms with E-state index < -0.39 is 0 Å². The van der Waals surface area contributed by atoms with E-state index in [-0.39, 0.29) is 5.91 Å². The van der Waals surface area contributed by atoms with Gasteiger partial charge in [0.2, 0.25) is 0 Å². The van der Waals surface area contributed by atoms with Gasteiger partial charge < -0.3 is 14.6 Å². The molecule has 4 nitrogen and oxygen atoms in total. The first kappa shape index (κ1) is 13.0. The average Bonchev–Trinajstić information content (AvgIpc) is 2.73. The molecule has 0 unspecified atom stereocenters. The fourth-order valence-corrected chi connectivity index (χ4v) is 2.86. The highest BCUT2D eigenvalue weighted by Gasteiger charge is 2.19. The number of nitrogens with zero attached hydrogens (tertiary/aromatic N) is 1. The molecule has 20 heavy (non-hydrogen) atoms. The standard InChI is InChI=1S/C16H20N2O2/c1-20-15-8-6-7-13-12(15)11-14(17-13)16(19)18-9-4-2-3-5-10-18/h6-8,11,17H,2-5,9-10H2,1H3. The summed E-state index contributed by atoms with van der Waals surface area (Å²) in [7, 11) is 1.65. The van der Waals surface area contributed by atoms with E-state index in [1.54, 1.807) is 7.11 Å². The van der Waals surface area contributed by atoms with Gasteiger partial charge in [0.25, 0.3) is 5.91 Å². The maximum Gasteiger partial charge on any atom is 0.270 e. The first-order valence-corrected chi connectivity index (χ1v) is 7.24. The van der Waals surface area contributed by atoms with Gasteiger partial charge in [-0.25, -0.2) is 0 Å². The molecular formula is C16H20N2O2. The van der Waals surface area contributed by atoms with Crippen LogP contribution in [-0.2, 0) is 0 Å². The van der Waals surface area contributed by atoms with Crippen LogP contribution in [0, 0.1) is 0 Å². The molecule has 0 saturated carbocycles. The minimum Gasteiger partial charge on any atom is -0.496 e. The summed E-state index contributed by atoms with van der Waals surface area (Å²) in [5.74, 6) is 0.902. The Bertz CT molecular complexity index is 610. The second kappa shape index (κ2) is 5.57. The summed E-state index contributed by atoms with van der Waals surface area (Å²) >= 11 is 0. The van der Waals surface area contributed by atoms with E-state index in [2.05, 4.69) is 4.98 Å². The normalized spacial score (nSPS) is 16.1. The topological polar surface area (TPSA) is 45.3 Å². The summed E-state index contributed by atoms with van der Waals surface area (Å²) in [4.78, 5) is 17.8. The third-order valence-electron chi connectivity index (χ3n) is 3.97. The Balaban J connectivity index is 1.91. The number of fused-ring (bicyclic) bond motifs is 1. The molecule has 1 aliphatic rings. The van der Waals surface area contributed by atoms with Crippen molar-refractivity contribution in [1.82, 2.24) is 9.88 Å². The van der Waals surface area contributed by atoms with Gasteiger partial charge in [-0.15, -0.1) is 0 Å². The number of H-pyrrole nitrogens is 1. The predicted molar refractivity (Wildman–Crippen MR) is 79.2 cm³/mol. The Morgan fingerprint density at radius 2 is 1.95 bits per heavy atom. The number of rotatable bonds is 2. The van der Waals surface area contributed by atoms with Crippen LogP contribution in [0.15, 0.2) is 24.3 Å². The van der Waals surface area contributed by atoms with Gasteiger partial charge in [0.1, 0.15) is 11.4 Å². The molecule has 4 heteroatoms. The van der Waals surface area contributed by atoms with Crippen molar-refractivity contribution in [2.45, 2.75) is 25.7 Å². The molecule has 106 valence electrons. The van der Waals surface area contributed by atoms with E-state index in [1.807, 2.05) is 29.2 Å². The van der Waals surface area contributed by atoms with E-state index in [0.29, 0.717) is 5.69 Å². The lowest BCUT2D eigenvalue weighted by Gasteiger charge is -2.19. The zero-order chi connectivity index (χ0) is 13.9. The lowest BCUT2D eigenvalue weighted by molar-refractivity contribution is 0.0757. The summed E-state index contributed by atoms with van der Waals surface area (Å²) in [5, 5.41) is 0.966. The highest BCUT2D eigenvalue weighted by molar-refractivity contribution is 5.99. The molecule has 2 aromatic rings. The monoisotopic (exact) mass is 272 g/mol. The van der Waals surface area contributed by atoms with Crippen LogP contribution in [0.1, 0.15) is 36.2 Å². The Labute approximate surface area is 118 Å². The first-order chi connectivity index (χ1) is 9.79. The lowest BCUT2D eigenvalue weighted by Crippen LogP contribution is -2.32. The SMILES string of the molecule is COc1cccc2[nH]c(C(=O)N3CCCCCC3)cc12. The summed E-state index contributed by atoms with van der Waals surface area (Å²) < 4.78 is 5.34. The maximum absolute atomic E-state index is 12.6. The van der Waals surface area contributed by atoms with Crippen molar-refractivity contribution in [3.8, 4) is 5.75 Å². The Hall–Kier alpha value is -1.97. The molecule has 0 atom stereocenters. The number of hydrogen-bond acceptors (Lipinski definition) is 2. The highest BCUT2D eigenvalue weighted by Crippen LogP contribution is 2.26. The number of likely N-dealkylation sites (tertiary alicyclic amines) is 1. The van der Waals surface area contributed by atoms with E-state index >= 15 is 0 Å². The quantitative estimate of drug-likeness (QED) is 0.912. The van der Waals surface area contributed by atoms with Crippen LogP contribution in [0.4, 0.5) is 0 Å². The molecule has 1 saturated heterocycles. The van der Waals surface area contributed by atoms with Gasteiger partial charge in [-0.2, -0.15) is 0 Å². The van der Waals surface area contributed by atoms with E-state index in [0.717, 1.165) is 42.6 Å². The van der Waals surface area contributed by atoms with Crippen LogP contribution < -0.4 is 4.74 Å². The molecule has 3 rings (SSSR count). The smallest absolute Gasteiger partial charge is 0.270 e. The summed E-state index contributed by atoms with van der Waals surface area (Å²) in [6.07, 6.45) is 4.67. The van der Waals surface area contributed by atoms with Crippen LogP contribution in [0.25, 0.3) is 10.9 Å². The van der Waals surface area contributed by atoms with Crippen LogP contribution in [0.2, 0.25) is 0 Å². The van der Waals surface area contributed by atoms with Crippen molar-refractivity contribution in [2.75, 3.05) is 20.2 Å². The molecule has 0 bridgehead atoms. The highest BCUT2D eigenvalue weighted by atomic mass is 16.5. The average molecular weight is 272 g/mol. The Morgan fingerprint density at radius 1 is 1.20 bits per heavy atom. The van der Waals surface area contributed by atoms with Gasteiger partial charge in [0.15, 0.2) is 0 Å². The summed E-state index contributed by atoms with van der Waals surface area (Å²) in [5.41, 5.74) is 1.61. The number of benzene rings is 1. The number of carbonyl (C=O) groups is 1. The van der Waals surface area contributed by atoms with Crippen LogP contribution in [-0.4, -0.2) is 36.0 Å². The fraction of sp³-hybridized carbons (Fsp3) is 0.438. The van der Waals surface area contributed by atoms with Crippen molar-refractivity contribution < 1.29 is 9.53 Å². The van der Waals surface area contributed by atoms with Gasteiger partial charge >= 0.3 is 0 Å². The van der Waals surface area contributed by atoms with Crippen LogP contribution >= 0.6 is 0 Å². The van der Waals surface area contributed by atoms with Crippen molar-refractivity contribution in [1.29, 1.82) is 0 Å². The van der Waals surface area contributed by atoms with Crippen molar-refractivity contribution in [3.05, 3.63) is 30.0 Å². The number of amides is 1. The molecule has 0 aliphatic carbocycles. The number of aromatic amines is 1. The number of ether oxygens (including phenoxy) is 1. The molecule has 1 aliphatic heterocycles. The third kappa shape index (κ3) is 2.38. The third-order valence-corrected chi connectivity index (χ3v) is 3.97. The first-order valence-electron chi connectivity index (χ1n) is 7.24. The van der Waals surface area contributed by atoms with E-state index in [4.69, 9.17) is 4.74 Å². The second-order valence-electron chi connectivity index (χ2n) is 5.31. The van der Waals surface area contributed by atoms with Crippen molar-refractivity contribution in [2.24, 2.45) is 0 Å². The largest absolute Gasteiger partial charge is 0.496 e. The van der Waals surface area contributed by atoms with Crippen molar-refractivity contribution in [3.63, 3.8) is 0 Å². The van der Waals surface area contributed by atoms with Crippen molar-refractivity contribution >= 4 is 16.8 Å². The van der Waals surface area contributed by atoms with Gasteiger partial charge in [0, 0.05) is 24.0 Å². The number of nitrogens with one attached hydrogen (secondary N) is 1. The van der Waals surface area contributed by atoms with Crippen LogP contribution in [0.5, 0.6) is 5.75 Å². The molecule has 0 spiro atoms. The lowest BCUT2D eigenvalue weighted by atomic mass is 10.2. The predicted octanol–water partition coefficient (Wildman–Crippen LogP) is 3.19. The Kier molecular flexibility index (Phi) is 3.63. The molecule has 1 N–H and O–H groups in total. The van der Waals surface area contributed by atoms with Crippen LogP contribution in [0.3, 0.4) is 0 Å². The number of carbonyl (C=O) groups excluding carboxylic acids is 1. The van der Waals surface area contributed by atoms with E-state index in [1.165, 1.54) is 12.8 Å². The second-order valence-corrected chi connectivity index (χ2v) is 5.31. The number of aromatic nitrogens is 1. The minimum atomic E-state index is 0.102. The molecular weight excluding hydrogens is 252 g/mol. The molecule has 1 fully saturated rings. The molecule has 1 aromatic carbocycles. The van der Waals surface area contributed by atoms with Gasteiger partial charge in [-0.1, -0.05) is 18.9 Å². The number of hydrogen-bond donors (Lipinski definition) is 1. The maximum atomic E-state index is 12.6. The zero-order valence-electron chi connectivity index (χ0n) is 11.8. The summed E-state index contributed by atoms with van der Waals surface area (Å²) in [6, 6.07) is 7.71. The molecule has 1 aromatic heterocycles. The van der Waals surface area contributed by atoms with Gasteiger partial charge in [-0.05, 0) is 31.0 Å². The Morgan fingerprint density at radius 3 is 2.65 bits per heavy atom. The molecule has 0 radical (unpaired) electrons. The molecule has 2 heterocycles. The van der Waals surface area contributed by atoms with E-state index in [9.17, 15) is 4.79 Å². The zero-order valence-corrected chi connectivity index (χ0v) is 11.8. The van der Waals surface area contributed by atoms with Gasteiger partial charge in [-0.3, -0.25) is 4.79 Å². The summed E-state index contributed by atoms with van der Waals surface area (Å²) in [6.45, 7) is 1.73. The van der Waals surface area contributed by atoms with Gasteiger partial charge in [0.05, 0.1) is 7.11 Å². The fourth-order valence-electron chi connectivity index (χ4n) is 2.86.